The number of nitrogens with zero attached hydrogens (tertiary/aromatic N) is 1. The van der Waals surface area contributed by atoms with Gasteiger partial charge in [0.2, 0.25) is 0 Å². The SMILES string of the molecule is C/C=C/B1C=Cc2ccccc2N1C[B-](C)(C)C.[K+]. The van der Waals surface area contributed by atoms with E-state index < -0.39 is 0 Å². The Balaban J connectivity index is 0.00000180. The van der Waals surface area contributed by atoms with Crippen molar-refractivity contribution in [2.75, 3.05) is 11.3 Å². The van der Waals surface area contributed by atoms with Crippen molar-refractivity contribution >= 4 is 24.8 Å². The second-order valence-electron chi connectivity index (χ2n) is 6.54. The molecule has 1 aromatic rings. The van der Waals surface area contributed by atoms with E-state index in [9.17, 15) is 0 Å². The molecule has 2 rings (SSSR count). The summed E-state index contributed by atoms with van der Waals surface area (Å²) in [6, 6.07) is 8.67. The van der Waals surface area contributed by atoms with E-state index in [0.717, 1.165) is 6.44 Å². The van der Waals surface area contributed by atoms with E-state index in [4.69, 9.17) is 0 Å². The molecule has 0 spiro atoms. The van der Waals surface area contributed by atoms with Gasteiger partial charge in [-0.15, -0.1) is 6.44 Å². The maximum Gasteiger partial charge on any atom is 1.00 e. The van der Waals surface area contributed by atoms with Gasteiger partial charge in [-0.25, -0.2) is 0 Å². The Morgan fingerprint density at radius 2 is 1.89 bits per heavy atom. The van der Waals surface area contributed by atoms with Crippen LogP contribution in [0.3, 0.4) is 0 Å². The van der Waals surface area contributed by atoms with Crippen molar-refractivity contribution in [3.05, 3.63) is 47.9 Å². The number of rotatable bonds is 3. The van der Waals surface area contributed by atoms with Crippen LogP contribution in [-0.4, -0.2) is 19.4 Å². The number of benzene rings is 1. The third kappa shape index (κ3) is 4.64. The standard InChI is InChI=1S/C15H22B2N.K/c1-5-11-16-12-10-14-8-6-7-9-15(14)18(16)13-17(2,3)4;/h5-12H,13H2,1-4H3;/q-1;+1/b11-5+;. The Morgan fingerprint density at radius 3 is 2.53 bits per heavy atom. The van der Waals surface area contributed by atoms with E-state index in [2.05, 4.69) is 80.6 Å². The summed E-state index contributed by atoms with van der Waals surface area (Å²) < 4.78 is 0. The Kier molecular flexibility index (Phi) is 6.68. The van der Waals surface area contributed by atoms with Crippen molar-refractivity contribution in [1.82, 2.24) is 0 Å². The van der Waals surface area contributed by atoms with E-state index in [1.807, 2.05) is 0 Å². The first-order valence-corrected chi connectivity index (χ1v) is 6.97. The fourth-order valence-electron chi connectivity index (χ4n) is 2.53. The van der Waals surface area contributed by atoms with Gasteiger partial charge in [0.1, 0.15) is 0 Å². The van der Waals surface area contributed by atoms with Gasteiger partial charge in [-0.2, -0.15) is 20.5 Å². The largest absolute Gasteiger partial charge is 1.00 e. The summed E-state index contributed by atoms with van der Waals surface area (Å²) in [7, 11) is 0. The zero-order valence-corrected chi connectivity index (χ0v) is 16.1. The first kappa shape index (κ1) is 17.3. The van der Waals surface area contributed by atoms with Crippen LogP contribution in [-0.2, 0) is 0 Å². The van der Waals surface area contributed by atoms with Crippen molar-refractivity contribution in [1.29, 1.82) is 0 Å². The van der Waals surface area contributed by atoms with Crippen molar-refractivity contribution in [3.8, 4) is 0 Å². The van der Waals surface area contributed by atoms with Crippen LogP contribution in [0.15, 0.2) is 42.3 Å². The molecule has 0 aliphatic carbocycles. The van der Waals surface area contributed by atoms with Crippen molar-refractivity contribution in [2.45, 2.75) is 27.4 Å². The van der Waals surface area contributed by atoms with Gasteiger partial charge in [-0.1, -0.05) is 42.3 Å². The molecule has 0 unspecified atom stereocenters. The molecule has 1 aliphatic heterocycles. The van der Waals surface area contributed by atoms with Crippen molar-refractivity contribution in [2.24, 2.45) is 0 Å². The molecule has 0 N–H and O–H groups in total. The molecule has 0 saturated heterocycles. The summed E-state index contributed by atoms with van der Waals surface area (Å²) in [5.74, 6) is 4.57. The van der Waals surface area contributed by atoms with Gasteiger partial charge in [0.15, 0.2) is 0 Å². The van der Waals surface area contributed by atoms with Gasteiger partial charge in [0.25, 0.3) is 0 Å². The topological polar surface area (TPSA) is 3.24 Å². The van der Waals surface area contributed by atoms with E-state index in [1.165, 1.54) is 11.3 Å². The molecule has 1 heterocycles. The third-order valence-electron chi connectivity index (χ3n) is 3.21. The average Bonchev–Trinajstić information content (AvgIpc) is 2.31. The number of hydrogen-bond acceptors (Lipinski definition) is 1. The molecule has 19 heavy (non-hydrogen) atoms. The Labute approximate surface area is 161 Å². The molecule has 0 amide bonds. The molecule has 0 atom stereocenters. The van der Waals surface area contributed by atoms with Gasteiger partial charge >= 0.3 is 58.2 Å². The normalized spacial score (nSPS) is 14.5. The van der Waals surface area contributed by atoms with Crippen LogP contribution < -0.4 is 56.2 Å². The first-order valence-electron chi connectivity index (χ1n) is 6.97. The van der Waals surface area contributed by atoms with Crippen LogP contribution in [0.4, 0.5) is 5.69 Å². The summed E-state index contributed by atoms with van der Waals surface area (Å²) in [5, 5.41) is 0. The molecule has 1 aliphatic rings. The molecule has 0 aromatic heterocycles. The van der Waals surface area contributed by atoms with E-state index in [0.29, 0.717) is 6.85 Å². The van der Waals surface area contributed by atoms with Crippen LogP contribution in [0.1, 0.15) is 12.5 Å². The molecule has 0 radical (unpaired) electrons. The fraction of sp³-hybridized carbons (Fsp3) is 0.333. The summed E-state index contributed by atoms with van der Waals surface area (Å²) in [6.07, 6.45) is 5.16. The number of para-hydroxylation sites is 1. The van der Waals surface area contributed by atoms with Gasteiger partial charge < -0.3 is 4.81 Å². The maximum atomic E-state index is 2.52. The van der Waals surface area contributed by atoms with Gasteiger partial charge in [0, 0.05) is 11.8 Å². The molecule has 4 heteroatoms. The van der Waals surface area contributed by atoms with Crippen molar-refractivity contribution in [3.63, 3.8) is 0 Å². The second kappa shape index (κ2) is 7.32. The summed E-state index contributed by atoms with van der Waals surface area (Å²) >= 11 is 0. The zero-order chi connectivity index (χ0) is 13.2. The minimum absolute atomic E-state index is 0. The monoisotopic (exact) mass is 277 g/mol. The maximum absolute atomic E-state index is 2.52. The molecule has 1 nitrogen and oxygen atoms in total. The summed E-state index contributed by atoms with van der Waals surface area (Å²) in [5.41, 5.74) is 2.69. The third-order valence-corrected chi connectivity index (χ3v) is 3.21. The fourth-order valence-corrected chi connectivity index (χ4v) is 2.53. The zero-order valence-electron chi connectivity index (χ0n) is 12.9. The Bertz CT molecular complexity index is 477. The Morgan fingerprint density at radius 1 is 1.21 bits per heavy atom. The van der Waals surface area contributed by atoms with Gasteiger partial charge in [0.05, 0.1) is 0 Å². The number of fused-ring (bicyclic) bond motifs is 1. The van der Waals surface area contributed by atoms with Crippen LogP contribution in [0, 0.1) is 0 Å². The number of hydrogen-bond donors (Lipinski definition) is 0. The smallest absolute Gasteiger partial charge is 0.442 e. The second-order valence-corrected chi connectivity index (χ2v) is 6.54. The molecule has 94 valence electrons. The average molecular weight is 277 g/mol. The summed E-state index contributed by atoms with van der Waals surface area (Å²) in [6.45, 7) is 9.55. The molecule has 0 saturated carbocycles. The first-order chi connectivity index (χ1) is 8.51. The molecule has 0 fully saturated rings. The molecular formula is C15H22B2KN. The number of anilines is 1. The van der Waals surface area contributed by atoms with Crippen molar-refractivity contribution < 1.29 is 51.4 Å². The van der Waals surface area contributed by atoms with Gasteiger partial charge in [-0.05, 0) is 18.6 Å². The van der Waals surface area contributed by atoms with E-state index in [-0.39, 0.29) is 57.5 Å². The van der Waals surface area contributed by atoms with Crippen LogP contribution in [0.2, 0.25) is 20.5 Å². The quantitative estimate of drug-likeness (QED) is 0.746. The minimum atomic E-state index is -0.347. The number of allylic oxidation sites excluding steroid dienone is 1. The summed E-state index contributed by atoms with van der Waals surface area (Å²) in [4.78, 5) is 2.52. The minimum Gasteiger partial charge on any atom is -0.442 e. The molecular weight excluding hydrogens is 255 g/mol. The molecule has 0 bridgehead atoms. The van der Waals surface area contributed by atoms with Crippen LogP contribution in [0.25, 0.3) is 6.08 Å². The van der Waals surface area contributed by atoms with Crippen LogP contribution in [0.5, 0.6) is 0 Å². The Hall–Kier alpha value is 0.266. The van der Waals surface area contributed by atoms with E-state index >= 15 is 0 Å². The molecule has 1 aromatic carbocycles. The predicted molar refractivity (Wildman–Crippen MR) is 86.7 cm³/mol. The predicted octanol–water partition coefficient (Wildman–Crippen LogP) is 1.05. The van der Waals surface area contributed by atoms with E-state index in [1.54, 1.807) is 0 Å². The van der Waals surface area contributed by atoms with Gasteiger partial charge in [-0.3, -0.25) is 0 Å². The van der Waals surface area contributed by atoms with Crippen LogP contribution >= 0.6 is 0 Å².